The molecule has 0 saturated carbocycles. The van der Waals surface area contributed by atoms with Gasteiger partial charge in [-0.1, -0.05) is 30.3 Å². The van der Waals surface area contributed by atoms with Crippen molar-refractivity contribution in [3.63, 3.8) is 0 Å². The van der Waals surface area contributed by atoms with Crippen molar-refractivity contribution in [1.82, 2.24) is 5.32 Å². The maximum Gasteiger partial charge on any atom is 0.235 e. The number of rotatable bonds is 6. The molecule has 1 aromatic rings. The molecule has 1 unspecified atom stereocenters. The van der Waals surface area contributed by atoms with Crippen LogP contribution in [0.2, 0.25) is 0 Å². The number of carbonyl (C=O) groups is 1. The number of benzene rings is 1. The second kappa shape index (κ2) is 8.24. The molecule has 0 aliphatic carbocycles. The minimum Gasteiger partial charge on any atom is -0.353 e. The third-order valence-corrected chi connectivity index (χ3v) is 4.90. The molecule has 7 heteroatoms. The summed E-state index contributed by atoms with van der Waals surface area (Å²) in [5.74, 6) is -1.01. The van der Waals surface area contributed by atoms with Gasteiger partial charge in [-0.3, -0.25) is 4.79 Å². The topological polar surface area (TPSA) is 89.3 Å². The largest absolute Gasteiger partial charge is 0.353 e. The van der Waals surface area contributed by atoms with Gasteiger partial charge in [-0.2, -0.15) is 0 Å². The Balaban J connectivity index is 0.00000361. The minimum absolute atomic E-state index is 0. The Labute approximate surface area is 126 Å². The summed E-state index contributed by atoms with van der Waals surface area (Å²) in [5.41, 5.74) is 6.80. The first-order valence-corrected chi connectivity index (χ1v) is 7.83. The number of hydrogen-bond donors (Lipinski definition) is 2. The highest BCUT2D eigenvalue weighted by Gasteiger charge is 2.20. The highest BCUT2D eigenvalue weighted by atomic mass is 35.5. The molecule has 0 heterocycles. The van der Waals surface area contributed by atoms with Gasteiger partial charge in [-0.25, -0.2) is 8.42 Å². The predicted molar refractivity (Wildman–Crippen MR) is 82.6 cm³/mol. The highest BCUT2D eigenvalue weighted by Crippen LogP contribution is 2.08. The average Bonchev–Trinajstić information content (AvgIpc) is 2.36. The van der Waals surface area contributed by atoms with Crippen LogP contribution < -0.4 is 11.1 Å². The van der Waals surface area contributed by atoms with Crippen molar-refractivity contribution in [1.29, 1.82) is 0 Å². The predicted octanol–water partition coefficient (Wildman–Crippen LogP) is 1.05. The van der Waals surface area contributed by atoms with Crippen LogP contribution in [0, 0.1) is 0 Å². The zero-order chi connectivity index (χ0) is 14.5. The van der Waals surface area contributed by atoms with Crippen LogP contribution in [-0.4, -0.2) is 31.9 Å². The summed E-state index contributed by atoms with van der Waals surface area (Å²) in [5, 5.41) is 1.99. The van der Waals surface area contributed by atoms with Gasteiger partial charge in [0.25, 0.3) is 0 Å². The van der Waals surface area contributed by atoms with Gasteiger partial charge in [0, 0.05) is 12.6 Å². The van der Waals surface area contributed by atoms with Crippen LogP contribution in [0.3, 0.4) is 0 Å². The van der Waals surface area contributed by atoms with Crippen molar-refractivity contribution < 1.29 is 13.2 Å². The Morgan fingerprint density at radius 3 is 2.30 bits per heavy atom. The Hall–Kier alpha value is -1.11. The van der Waals surface area contributed by atoms with Gasteiger partial charge in [0.15, 0.2) is 9.84 Å². The van der Waals surface area contributed by atoms with Crippen molar-refractivity contribution in [2.75, 3.05) is 12.3 Å². The molecule has 0 radical (unpaired) electrons. The molecule has 0 aromatic heterocycles. The van der Waals surface area contributed by atoms with Crippen LogP contribution in [0.5, 0.6) is 0 Å². The van der Waals surface area contributed by atoms with Gasteiger partial charge in [0.1, 0.15) is 5.75 Å². The lowest BCUT2D eigenvalue weighted by Crippen LogP contribution is -2.37. The van der Waals surface area contributed by atoms with Crippen molar-refractivity contribution in [3.05, 3.63) is 35.9 Å². The smallest absolute Gasteiger partial charge is 0.235 e. The Morgan fingerprint density at radius 2 is 1.80 bits per heavy atom. The molecule has 1 aromatic carbocycles. The first-order valence-electron chi connectivity index (χ1n) is 6.11. The Bertz CT molecular complexity index is 518. The monoisotopic (exact) mass is 320 g/mol. The van der Waals surface area contributed by atoms with Gasteiger partial charge in [0.2, 0.25) is 5.91 Å². The van der Waals surface area contributed by atoms with E-state index in [2.05, 4.69) is 5.32 Å². The molecule has 0 aliphatic rings. The molecule has 20 heavy (non-hydrogen) atoms. The van der Waals surface area contributed by atoms with E-state index in [0.29, 0.717) is 0 Å². The fourth-order valence-corrected chi connectivity index (χ4v) is 2.24. The van der Waals surface area contributed by atoms with E-state index in [1.54, 1.807) is 13.8 Å². The molecule has 0 bridgehead atoms. The van der Waals surface area contributed by atoms with Gasteiger partial charge in [0.05, 0.1) is 5.25 Å². The minimum atomic E-state index is -3.36. The third kappa shape index (κ3) is 5.90. The molecular formula is C13H21ClN2O3S. The lowest BCUT2D eigenvalue weighted by Gasteiger charge is -2.13. The number of nitrogens with two attached hydrogens (primary N) is 1. The average molecular weight is 321 g/mol. The number of sulfone groups is 1. The highest BCUT2D eigenvalue weighted by molar-refractivity contribution is 7.92. The SMILES string of the molecule is CC(C)S(=O)(=O)CC(=O)NCC(N)c1ccccc1.Cl. The number of hydrogen-bond acceptors (Lipinski definition) is 4. The number of nitrogens with one attached hydrogen (secondary N) is 1. The molecule has 0 fully saturated rings. The Kier molecular flexibility index (Phi) is 7.78. The standard InChI is InChI=1S/C13H20N2O3S.ClH/c1-10(2)19(17,18)9-13(16)15-8-12(14)11-6-4-3-5-7-11;/h3-7,10,12H,8-9,14H2,1-2H3,(H,15,16);1H. The number of halogens is 1. The molecule has 1 rings (SSSR count). The van der Waals surface area contributed by atoms with Crippen LogP contribution in [0.25, 0.3) is 0 Å². The van der Waals surface area contributed by atoms with E-state index < -0.39 is 26.7 Å². The lowest BCUT2D eigenvalue weighted by molar-refractivity contribution is -0.118. The van der Waals surface area contributed by atoms with Crippen LogP contribution in [0.4, 0.5) is 0 Å². The van der Waals surface area contributed by atoms with Crippen molar-refractivity contribution in [2.45, 2.75) is 25.1 Å². The zero-order valence-electron chi connectivity index (χ0n) is 11.6. The van der Waals surface area contributed by atoms with Crippen molar-refractivity contribution in [2.24, 2.45) is 5.73 Å². The summed E-state index contributed by atoms with van der Waals surface area (Å²) in [4.78, 5) is 11.6. The molecule has 1 amide bonds. The second-order valence-electron chi connectivity index (χ2n) is 4.68. The van der Waals surface area contributed by atoms with E-state index >= 15 is 0 Å². The Morgan fingerprint density at radius 1 is 1.25 bits per heavy atom. The number of carbonyl (C=O) groups excluding carboxylic acids is 1. The molecule has 114 valence electrons. The van der Waals surface area contributed by atoms with E-state index in [0.717, 1.165) is 5.56 Å². The van der Waals surface area contributed by atoms with E-state index in [4.69, 9.17) is 5.73 Å². The van der Waals surface area contributed by atoms with Gasteiger partial charge in [-0.05, 0) is 19.4 Å². The van der Waals surface area contributed by atoms with Crippen LogP contribution in [0.15, 0.2) is 30.3 Å². The van der Waals surface area contributed by atoms with Gasteiger partial charge in [-0.15, -0.1) is 12.4 Å². The molecule has 0 saturated heterocycles. The normalized spacial score (nSPS) is 12.6. The second-order valence-corrected chi connectivity index (χ2v) is 7.23. The number of amides is 1. The quantitative estimate of drug-likeness (QED) is 0.820. The van der Waals surface area contributed by atoms with Crippen LogP contribution in [0.1, 0.15) is 25.5 Å². The maximum absolute atomic E-state index is 11.6. The van der Waals surface area contributed by atoms with E-state index in [1.807, 2.05) is 30.3 Å². The molecular weight excluding hydrogens is 300 g/mol. The first kappa shape index (κ1) is 18.9. The van der Waals surface area contributed by atoms with Crippen molar-refractivity contribution >= 4 is 28.2 Å². The summed E-state index contributed by atoms with van der Waals surface area (Å²) < 4.78 is 23.1. The summed E-state index contributed by atoms with van der Waals surface area (Å²) in [6.45, 7) is 3.33. The van der Waals surface area contributed by atoms with Gasteiger partial charge >= 0.3 is 0 Å². The van der Waals surface area contributed by atoms with E-state index in [-0.39, 0.29) is 25.0 Å². The fraction of sp³-hybridized carbons (Fsp3) is 0.462. The fourth-order valence-electron chi connectivity index (χ4n) is 1.44. The van der Waals surface area contributed by atoms with Crippen LogP contribution >= 0.6 is 12.4 Å². The lowest BCUT2D eigenvalue weighted by atomic mass is 10.1. The first-order chi connectivity index (χ1) is 8.83. The van der Waals surface area contributed by atoms with Gasteiger partial charge < -0.3 is 11.1 Å². The summed E-state index contributed by atoms with van der Waals surface area (Å²) in [7, 11) is -3.36. The van der Waals surface area contributed by atoms with E-state index in [9.17, 15) is 13.2 Å². The molecule has 1 atom stereocenters. The molecule has 3 N–H and O–H groups in total. The molecule has 0 aliphatic heterocycles. The summed E-state index contributed by atoms with van der Waals surface area (Å²) in [6.07, 6.45) is 0. The zero-order valence-corrected chi connectivity index (χ0v) is 13.2. The van der Waals surface area contributed by atoms with Crippen molar-refractivity contribution in [3.8, 4) is 0 Å². The summed E-state index contributed by atoms with van der Waals surface area (Å²) in [6, 6.07) is 8.99. The molecule has 5 nitrogen and oxygen atoms in total. The summed E-state index contributed by atoms with van der Waals surface area (Å²) >= 11 is 0. The van der Waals surface area contributed by atoms with E-state index in [1.165, 1.54) is 0 Å². The maximum atomic E-state index is 11.6. The third-order valence-electron chi connectivity index (χ3n) is 2.80. The van der Waals surface area contributed by atoms with Crippen LogP contribution in [-0.2, 0) is 14.6 Å². The molecule has 0 spiro atoms.